The number of fused-ring (bicyclic) bond motifs is 12. The molecule has 0 aliphatic carbocycles. The van der Waals surface area contributed by atoms with Gasteiger partial charge in [0, 0.05) is 61.6 Å². The van der Waals surface area contributed by atoms with E-state index in [4.69, 9.17) is 9.97 Å². The van der Waals surface area contributed by atoms with Gasteiger partial charge in [0.15, 0.2) is 5.82 Å². The third kappa shape index (κ3) is 12.1. The van der Waals surface area contributed by atoms with Crippen molar-refractivity contribution in [3.8, 4) is 33.9 Å². The predicted molar refractivity (Wildman–Crippen MR) is 432 cm³/mol. The lowest BCUT2D eigenvalue weighted by Gasteiger charge is -2.46. The van der Waals surface area contributed by atoms with Crippen LogP contribution >= 0.6 is 0 Å². The van der Waals surface area contributed by atoms with Crippen LogP contribution in [0.25, 0.3) is 77.0 Å². The summed E-state index contributed by atoms with van der Waals surface area (Å²) in [5, 5.41) is 9.86. The third-order valence-corrected chi connectivity index (χ3v) is 21.6. The predicted octanol–water partition coefficient (Wildman–Crippen LogP) is 24.6. The van der Waals surface area contributed by atoms with Crippen LogP contribution in [0.15, 0.2) is 188 Å². The normalized spacial score (nSPS) is 14.0. The molecule has 11 aromatic carbocycles. The molecule has 0 saturated carbocycles. The summed E-state index contributed by atoms with van der Waals surface area (Å²) in [4.78, 5) is 17.3. The average molecular weight is 1300 g/mol. The number of aromatic nitrogens is 2. The molecule has 2 aliphatic rings. The molecule has 0 N–H and O–H groups in total. The van der Waals surface area contributed by atoms with Crippen molar-refractivity contribution >= 4 is 100 Å². The van der Waals surface area contributed by atoms with Gasteiger partial charge in [0.1, 0.15) is 0 Å². The van der Waals surface area contributed by atoms with E-state index in [1.54, 1.807) is 0 Å². The second-order valence-electron chi connectivity index (χ2n) is 37.4. The summed E-state index contributed by atoms with van der Waals surface area (Å²) in [7, 11) is 0. The van der Waals surface area contributed by atoms with Crippen LogP contribution in [-0.4, -0.2) is 16.7 Å². The van der Waals surface area contributed by atoms with Gasteiger partial charge in [-0.3, -0.25) is 0 Å². The summed E-state index contributed by atoms with van der Waals surface area (Å²) in [6.07, 6.45) is 0. The lowest BCUT2D eigenvalue weighted by atomic mass is 9.33. The fourth-order valence-corrected chi connectivity index (χ4v) is 15.2. The summed E-state index contributed by atoms with van der Waals surface area (Å²) >= 11 is 0. The van der Waals surface area contributed by atoms with Crippen molar-refractivity contribution < 1.29 is 0 Å². The maximum Gasteiger partial charge on any atom is 0.252 e. The second-order valence-corrected chi connectivity index (χ2v) is 37.4. The fourth-order valence-electron chi connectivity index (χ4n) is 15.2. The average Bonchev–Trinajstić information content (AvgIpc) is 0.683. The first-order chi connectivity index (χ1) is 46.1. The van der Waals surface area contributed by atoms with Gasteiger partial charge < -0.3 is 9.80 Å². The van der Waals surface area contributed by atoms with Crippen molar-refractivity contribution in [3.05, 3.63) is 233 Å². The van der Waals surface area contributed by atoms with Crippen molar-refractivity contribution in [2.45, 2.75) is 209 Å². The molecule has 99 heavy (non-hydrogen) atoms. The SMILES string of the molecule is CC(C)(C)c1cc(-c2cc(-c3cc4c5c(c3)N(c3cc(C(C)(C)C)cc(C(C)(C)C)c3)c3c(ccc6c3ccc3ccccc36)B5c3ccc5c(ccc6ccccc65)c3N4c3cc(C(C)(C)C)cc(C(C)(C)C)c3)nc(-c3cc(C(C)(C)C)cc(C(C)(C)C)c3)n2)cc(C(C)(C)C)c1. The summed E-state index contributed by atoms with van der Waals surface area (Å²) in [5.74, 6) is 0.711. The van der Waals surface area contributed by atoms with E-state index in [0.29, 0.717) is 5.82 Å². The summed E-state index contributed by atoms with van der Waals surface area (Å²) in [5.41, 5.74) is 24.8. The van der Waals surface area contributed by atoms with Crippen LogP contribution in [0.4, 0.5) is 34.1 Å². The summed E-state index contributed by atoms with van der Waals surface area (Å²) < 4.78 is 0. The van der Waals surface area contributed by atoms with E-state index in [0.717, 1.165) is 50.8 Å². The standard InChI is InChI=1S/C94H103BN4/c1-87(2,3)61-41-58(42-62(47-61)88(4,5)6)79-55-80(97-86(96-79)60-43-63(89(7,8)9)48-64(44-60)90(10,11)12)59-45-81-83-82(46-59)99(70-53-67(93(19,20)21)50-68(54-70)94(22,23)24)85-76-36-34-57-30-26-28-32-72(57)74(76)38-40-78(85)95(83)77-39-37-73-71-31-27-25-29-56(71)33-35-75(73)84(77)98(81)69-51-65(91(13,14)15)49-66(52-69)92(16,17)18/h25-55H,1-24H3. The van der Waals surface area contributed by atoms with Crippen molar-refractivity contribution in [2.75, 3.05) is 9.80 Å². The Morgan fingerprint density at radius 2 is 0.556 bits per heavy atom. The Balaban J connectivity index is 1.21. The first kappa shape index (κ1) is 67.4. The van der Waals surface area contributed by atoms with E-state index < -0.39 is 0 Å². The highest BCUT2D eigenvalue weighted by Gasteiger charge is 2.46. The Labute approximate surface area is 592 Å². The first-order valence-electron chi connectivity index (χ1n) is 36.3. The van der Waals surface area contributed by atoms with Gasteiger partial charge >= 0.3 is 0 Å². The monoisotopic (exact) mass is 1300 g/mol. The largest absolute Gasteiger partial charge is 0.311 e. The molecule has 0 fully saturated rings. The molecular weight excluding hydrogens is 1200 g/mol. The van der Waals surface area contributed by atoms with E-state index in [1.165, 1.54) is 115 Å². The zero-order valence-electron chi connectivity index (χ0n) is 63.8. The molecule has 0 radical (unpaired) electrons. The van der Waals surface area contributed by atoms with Gasteiger partial charge in [-0.05, 0) is 203 Å². The van der Waals surface area contributed by atoms with E-state index in [1.807, 2.05) is 0 Å². The van der Waals surface area contributed by atoms with Crippen LogP contribution in [0.1, 0.15) is 211 Å². The highest BCUT2D eigenvalue weighted by atomic mass is 15.2. The minimum absolute atomic E-state index is 0.129. The Morgan fingerprint density at radius 3 is 0.889 bits per heavy atom. The Morgan fingerprint density at radius 1 is 0.263 bits per heavy atom. The smallest absolute Gasteiger partial charge is 0.252 e. The topological polar surface area (TPSA) is 32.3 Å². The van der Waals surface area contributed by atoms with Crippen molar-refractivity contribution in [3.63, 3.8) is 0 Å². The first-order valence-corrected chi connectivity index (χ1v) is 36.3. The van der Waals surface area contributed by atoms with Crippen molar-refractivity contribution in [1.29, 1.82) is 0 Å². The van der Waals surface area contributed by atoms with Crippen LogP contribution in [0.3, 0.4) is 0 Å². The van der Waals surface area contributed by atoms with Crippen LogP contribution < -0.4 is 26.2 Å². The third-order valence-electron chi connectivity index (χ3n) is 21.6. The van der Waals surface area contributed by atoms with Crippen LogP contribution in [0, 0.1) is 0 Å². The molecule has 1 aromatic heterocycles. The lowest BCUT2D eigenvalue weighted by Crippen LogP contribution is -2.61. The highest BCUT2D eigenvalue weighted by Crippen LogP contribution is 2.53. The molecule has 3 heterocycles. The molecule has 0 amide bonds. The molecular formula is C94H103BN4. The summed E-state index contributed by atoms with van der Waals surface area (Å²) in [6, 6.07) is 74.1. The summed E-state index contributed by atoms with van der Waals surface area (Å²) in [6.45, 7) is 56.2. The van der Waals surface area contributed by atoms with Gasteiger partial charge in [0.2, 0.25) is 0 Å². The maximum atomic E-state index is 6.04. The molecule has 0 bridgehead atoms. The molecule has 0 unspecified atom stereocenters. The highest BCUT2D eigenvalue weighted by molar-refractivity contribution is 7.01. The molecule has 2 aliphatic heterocycles. The Bertz CT molecular complexity index is 4840. The molecule has 0 spiro atoms. The molecule has 0 saturated heterocycles. The Hall–Kier alpha value is -8.80. The number of hydrogen-bond donors (Lipinski definition) is 0. The zero-order valence-corrected chi connectivity index (χ0v) is 63.8. The fraction of sp³-hybridized carbons (Fsp3) is 0.340. The van der Waals surface area contributed by atoms with Gasteiger partial charge in [-0.1, -0.05) is 287 Å². The van der Waals surface area contributed by atoms with E-state index >= 15 is 0 Å². The minimum Gasteiger partial charge on any atom is -0.311 e. The number of rotatable bonds is 5. The van der Waals surface area contributed by atoms with Gasteiger partial charge in [-0.25, -0.2) is 9.97 Å². The van der Waals surface area contributed by atoms with Crippen molar-refractivity contribution in [2.24, 2.45) is 0 Å². The van der Waals surface area contributed by atoms with E-state index in [2.05, 4.69) is 364 Å². The molecule has 14 rings (SSSR count). The maximum absolute atomic E-state index is 6.04. The van der Waals surface area contributed by atoms with E-state index in [-0.39, 0.29) is 50.0 Å². The Kier molecular flexibility index (Phi) is 15.6. The zero-order chi connectivity index (χ0) is 71.0. The molecule has 0 atom stereocenters. The van der Waals surface area contributed by atoms with Gasteiger partial charge in [0.05, 0.1) is 11.4 Å². The second kappa shape index (κ2) is 22.9. The van der Waals surface area contributed by atoms with Crippen LogP contribution in [0.2, 0.25) is 0 Å². The number of nitrogens with zero attached hydrogens (tertiary/aromatic N) is 4. The minimum atomic E-state index is -0.183. The van der Waals surface area contributed by atoms with Gasteiger partial charge in [-0.2, -0.15) is 0 Å². The van der Waals surface area contributed by atoms with Gasteiger partial charge in [-0.15, -0.1) is 0 Å². The number of benzene rings is 11. The van der Waals surface area contributed by atoms with Crippen LogP contribution in [-0.2, 0) is 43.3 Å². The molecule has 4 nitrogen and oxygen atoms in total. The molecule has 12 aromatic rings. The number of hydrogen-bond acceptors (Lipinski definition) is 4. The number of anilines is 6. The lowest BCUT2D eigenvalue weighted by molar-refractivity contribution is 0.568. The van der Waals surface area contributed by atoms with Crippen molar-refractivity contribution in [1.82, 2.24) is 9.97 Å². The molecule has 502 valence electrons. The van der Waals surface area contributed by atoms with E-state index in [9.17, 15) is 0 Å². The van der Waals surface area contributed by atoms with Crippen LogP contribution in [0.5, 0.6) is 0 Å². The molecule has 5 heteroatoms. The quantitative estimate of drug-likeness (QED) is 0.127. The van der Waals surface area contributed by atoms with Gasteiger partial charge in [0.25, 0.3) is 6.71 Å².